The summed E-state index contributed by atoms with van der Waals surface area (Å²) in [5.74, 6) is -1.27. The summed E-state index contributed by atoms with van der Waals surface area (Å²) < 4.78 is 4.77. The molecule has 33 heavy (non-hydrogen) atoms. The molecule has 2 amide bonds. The number of rotatable bonds is 5. The van der Waals surface area contributed by atoms with Crippen molar-refractivity contribution < 1.29 is 24.0 Å². The van der Waals surface area contributed by atoms with Gasteiger partial charge in [0.15, 0.2) is 5.01 Å². The quantitative estimate of drug-likeness (QED) is 0.265. The molecule has 0 spiro atoms. The van der Waals surface area contributed by atoms with Gasteiger partial charge in [0, 0.05) is 50.4 Å². The molecule has 12 heteroatoms. The van der Waals surface area contributed by atoms with Crippen LogP contribution in [0.25, 0.3) is 0 Å². The zero-order valence-electron chi connectivity index (χ0n) is 19.7. The van der Waals surface area contributed by atoms with Crippen LogP contribution in [0.15, 0.2) is 5.16 Å². The summed E-state index contributed by atoms with van der Waals surface area (Å²) in [6.45, 7) is 1.69. The van der Waals surface area contributed by atoms with Gasteiger partial charge in [0.1, 0.15) is 7.11 Å². The van der Waals surface area contributed by atoms with Crippen LogP contribution in [0.2, 0.25) is 0 Å². The summed E-state index contributed by atoms with van der Waals surface area (Å²) in [5, 5.41) is 10.2. The van der Waals surface area contributed by atoms with Gasteiger partial charge in [-0.1, -0.05) is 5.16 Å². The Bertz CT molecular complexity index is 917. The Kier molecular flexibility index (Phi) is 8.25. The standard InChI is InChI=1S/C21H32N6O5S/c1-26(2)20(29)12-6-7-13(22-17(25-32-5)21(30)31-4)15(10-12)23-18(28)19-24-14-8-9-27(3)11-16(14)33-19/h12-13,15H,6-11H2,1-5H3,(H,22,25)(H,23,28)/t12-,13-,15+/m0/s1. The van der Waals surface area contributed by atoms with Gasteiger partial charge in [-0.2, -0.15) is 0 Å². The number of oxime groups is 1. The van der Waals surface area contributed by atoms with Gasteiger partial charge in [0.2, 0.25) is 5.91 Å². The Morgan fingerprint density at radius 1 is 1.18 bits per heavy atom. The molecule has 0 saturated heterocycles. The number of nitrogens with one attached hydrogen (secondary N) is 2. The van der Waals surface area contributed by atoms with Gasteiger partial charge < -0.3 is 30.0 Å². The van der Waals surface area contributed by atoms with Crippen molar-refractivity contribution in [1.82, 2.24) is 25.4 Å². The van der Waals surface area contributed by atoms with E-state index in [1.54, 1.807) is 19.0 Å². The van der Waals surface area contributed by atoms with Crippen molar-refractivity contribution in [1.29, 1.82) is 0 Å². The van der Waals surface area contributed by atoms with Crippen LogP contribution in [0.1, 0.15) is 39.6 Å². The fourth-order valence-electron chi connectivity index (χ4n) is 4.23. The van der Waals surface area contributed by atoms with Crippen molar-refractivity contribution >= 4 is 35.0 Å². The monoisotopic (exact) mass is 480 g/mol. The van der Waals surface area contributed by atoms with Gasteiger partial charge in [0.25, 0.3) is 11.7 Å². The molecular weight excluding hydrogens is 448 g/mol. The van der Waals surface area contributed by atoms with Gasteiger partial charge in [-0.3, -0.25) is 9.59 Å². The fourth-order valence-corrected chi connectivity index (χ4v) is 5.32. The minimum absolute atomic E-state index is 0.0131. The lowest BCUT2D eigenvalue weighted by molar-refractivity contribution is -0.135. The molecule has 1 aliphatic carbocycles. The van der Waals surface area contributed by atoms with Gasteiger partial charge in [0.05, 0.1) is 18.8 Å². The van der Waals surface area contributed by atoms with Crippen molar-refractivity contribution in [2.75, 3.05) is 41.9 Å². The van der Waals surface area contributed by atoms with E-state index in [0.717, 1.165) is 30.1 Å². The molecule has 182 valence electrons. The van der Waals surface area contributed by atoms with Crippen LogP contribution in [0.4, 0.5) is 0 Å². The topological polar surface area (TPSA) is 125 Å². The Labute approximate surface area is 197 Å². The van der Waals surface area contributed by atoms with Crippen LogP contribution in [0.5, 0.6) is 0 Å². The largest absolute Gasteiger partial charge is 0.463 e. The Balaban J connectivity index is 1.79. The number of hydrogen-bond acceptors (Lipinski definition) is 9. The highest BCUT2D eigenvalue weighted by molar-refractivity contribution is 7.13. The lowest BCUT2D eigenvalue weighted by atomic mass is 9.81. The normalized spacial score (nSPS) is 23.3. The molecule has 2 N–H and O–H groups in total. The minimum Gasteiger partial charge on any atom is -0.463 e. The molecule has 1 fully saturated rings. The summed E-state index contributed by atoms with van der Waals surface area (Å²) >= 11 is 1.40. The molecule has 3 rings (SSSR count). The van der Waals surface area contributed by atoms with Crippen LogP contribution in [-0.4, -0.2) is 92.4 Å². The lowest BCUT2D eigenvalue weighted by Gasteiger charge is -2.37. The highest BCUT2D eigenvalue weighted by atomic mass is 32.1. The van der Waals surface area contributed by atoms with E-state index < -0.39 is 12.0 Å². The number of hydrogen-bond donors (Lipinski definition) is 2. The number of carbonyl (C=O) groups excluding carboxylic acids is 3. The molecule has 0 aromatic carbocycles. The molecule has 1 aliphatic heterocycles. The molecule has 1 saturated carbocycles. The van der Waals surface area contributed by atoms with Gasteiger partial charge >= 0.3 is 5.97 Å². The molecule has 2 aliphatic rings. The predicted octanol–water partition coefficient (Wildman–Crippen LogP) is 0.209. The summed E-state index contributed by atoms with van der Waals surface area (Å²) in [4.78, 5) is 52.0. The number of aromatic nitrogens is 1. The Hall–Kier alpha value is -2.73. The third kappa shape index (κ3) is 5.99. The van der Waals surface area contributed by atoms with E-state index in [-0.39, 0.29) is 29.6 Å². The smallest absolute Gasteiger partial charge is 0.377 e. The summed E-state index contributed by atoms with van der Waals surface area (Å²) in [5.41, 5.74) is 0.974. The van der Waals surface area contributed by atoms with Crippen molar-refractivity contribution in [2.45, 2.75) is 44.3 Å². The van der Waals surface area contributed by atoms with Crippen LogP contribution in [0, 0.1) is 5.92 Å². The average molecular weight is 481 g/mol. The molecule has 0 bridgehead atoms. The first-order chi connectivity index (χ1) is 15.7. The number of esters is 1. The molecule has 2 heterocycles. The lowest BCUT2D eigenvalue weighted by Crippen LogP contribution is -2.57. The molecule has 1 aromatic rings. The summed E-state index contributed by atoms with van der Waals surface area (Å²) in [6, 6.07) is -0.760. The van der Waals surface area contributed by atoms with Crippen LogP contribution < -0.4 is 10.6 Å². The minimum atomic E-state index is -0.676. The first-order valence-electron chi connectivity index (χ1n) is 10.9. The van der Waals surface area contributed by atoms with Crippen LogP contribution in [-0.2, 0) is 32.1 Å². The molecule has 1 aromatic heterocycles. The first-order valence-corrected chi connectivity index (χ1v) is 11.7. The third-order valence-electron chi connectivity index (χ3n) is 5.96. The highest BCUT2D eigenvalue weighted by Crippen LogP contribution is 2.28. The zero-order valence-corrected chi connectivity index (χ0v) is 20.5. The number of amides is 2. The molecular formula is C21H32N6O5S. The van der Waals surface area contributed by atoms with E-state index in [0.29, 0.717) is 24.3 Å². The van der Waals surface area contributed by atoms with E-state index >= 15 is 0 Å². The third-order valence-corrected chi connectivity index (χ3v) is 7.04. The second-order valence-electron chi connectivity index (χ2n) is 8.56. The highest BCUT2D eigenvalue weighted by Gasteiger charge is 2.37. The Morgan fingerprint density at radius 2 is 1.94 bits per heavy atom. The average Bonchev–Trinajstić information content (AvgIpc) is 3.22. The number of amidine groups is 1. The number of carbonyl (C=O) groups is 3. The number of fused-ring (bicyclic) bond motifs is 1. The second kappa shape index (κ2) is 10.9. The van der Waals surface area contributed by atoms with Crippen molar-refractivity contribution in [2.24, 2.45) is 11.1 Å². The molecule has 0 radical (unpaired) electrons. The van der Waals surface area contributed by atoms with Crippen LogP contribution >= 0.6 is 11.3 Å². The van der Waals surface area contributed by atoms with Crippen molar-refractivity contribution in [3.63, 3.8) is 0 Å². The van der Waals surface area contributed by atoms with E-state index in [4.69, 9.17) is 9.57 Å². The zero-order chi connectivity index (χ0) is 24.1. The predicted molar refractivity (Wildman–Crippen MR) is 123 cm³/mol. The van der Waals surface area contributed by atoms with Crippen molar-refractivity contribution in [3.05, 3.63) is 15.6 Å². The number of likely N-dealkylation sites (N-methyl/N-ethyl adjacent to an activating group) is 1. The van der Waals surface area contributed by atoms with Crippen LogP contribution in [0.3, 0.4) is 0 Å². The van der Waals surface area contributed by atoms with Gasteiger partial charge in [-0.05, 0) is 26.3 Å². The molecule has 0 unspecified atom stereocenters. The summed E-state index contributed by atoms with van der Waals surface area (Å²) in [7, 11) is 8.07. The first kappa shape index (κ1) is 24.9. The van der Waals surface area contributed by atoms with E-state index in [1.807, 2.05) is 7.05 Å². The van der Waals surface area contributed by atoms with Gasteiger partial charge in [-0.15, -0.1) is 11.3 Å². The molecule has 11 nitrogen and oxygen atoms in total. The summed E-state index contributed by atoms with van der Waals surface area (Å²) in [6.07, 6.45) is 2.41. The van der Waals surface area contributed by atoms with E-state index in [9.17, 15) is 14.4 Å². The number of methoxy groups -OCH3 is 1. The van der Waals surface area contributed by atoms with Gasteiger partial charge in [-0.25, -0.2) is 9.78 Å². The van der Waals surface area contributed by atoms with Crippen molar-refractivity contribution in [3.8, 4) is 0 Å². The fraction of sp³-hybridized carbons (Fsp3) is 0.667. The maximum absolute atomic E-state index is 13.1. The SMILES string of the molecule is CO/N=C(/N[C@H]1CC[C@H](C(=O)N(C)C)C[C@H]1NC(=O)c1nc2c(s1)CN(C)CC2)C(=O)OC. The number of thiazole rings is 1. The second-order valence-corrected chi connectivity index (χ2v) is 9.65. The maximum Gasteiger partial charge on any atom is 0.377 e. The molecule has 3 atom stereocenters. The van der Waals surface area contributed by atoms with E-state index in [2.05, 4.69) is 25.7 Å². The maximum atomic E-state index is 13.1. The van der Waals surface area contributed by atoms with E-state index in [1.165, 1.54) is 25.6 Å². The number of nitrogens with zero attached hydrogens (tertiary/aromatic N) is 4. The number of ether oxygens (including phenoxy) is 1. The Morgan fingerprint density at radius 3 is 2.61 bits per heavy atom.